The van der Waals surface area contributed by atoms with E-state index in [2.05, 4.69) is 26.2 Å². The van der Waals surface area contributed by atoms with E-state index in [9.17, 15) is 9.90 Å². The number of nitrogens with one attached hydrogen (secondary N) is 1. The molecule has 0 aliphatic rings. The van der Waals surface area contributed by atoms with Crippen molar-refractivity contribution in [2.45, 2.75) is 26.5 Å². The van der Waals surface area contributed by atoms with Crippen LogP contribution in [0, 0.1) is 13.8 Å². The minimum Gasteiger partial charge on any atom is -0.390 e. The van der Waals surface area contributed by atoms with E-state index in [-0.39, 0.29) is 12.2 Å². The summed E-state index contributed by atoms with van der Waals surface area (Å²) < 4.78 is 7.16. The van der Waals surface area contributed by atoms with E-state index in [0.717, 1.165) is 10.2 Å². The Hall–Kier alpha value is -0.760. The Balaban J connectivity index is 2.67. The molecular weight excluding hydrogens is 314 g/mol. The van der Waals surface area contributed by atoms with Crippen molar-refractivity contribution < 1.29 is 9.84 Å². The van der Waals surface area contributed by atoms with Gasteiger partial charge in [-0.15, -0.1) is 0 Å². The number of ether oxygens (including phenoxy) is 1. The smallest absolute Gasteiger partial charge is 0.348 e. The normalized spacial score (nSPS) is 12.7. The maximum atomic E-state index is 11.8. The average molecular weight is 334 g/mol. The predicted molar refractivity (Wildman–Crippen MR) is 76.4 cm³/mol. The molecule has 1 aromatic rings. The van der Waals surface area contributed by atoms with Gasteiger partial charge in [-0.25, -0.2) is 4.79 Å². The van der Waals surface area contributed by atoms with Crippen LogP contribution in [-0.2, 0) is 11.3 Å². The summed E-state index contributed by atoms with van der Waals surface area (Å²) in [5.74, 6) is 0. The fourth-order valence-corrected chi connectivity index (χ4v) is 2.01. The third-order valence-electron chi connectivity index (χ3n) is 2.79. The van der Waals surface area contributed by atoms with Crippen LogP contribution in [0.25, 0.3) is 0 Å². The van der Waals surface area contributed by atoms with Crippen LogP contribution in [0.15, 0.2) is 9.27 Å². The van der Waals surface area contributed by atoms with Crippen LogP contribution in [0.3, 0.4) is 0 Å². The van der Waals surface area contributed by atoms with Crippen LogP contribution in [0.4, 0.5) is 0 Å². The highest BCUT2D eigenvalue weighted by molar-refractivity contribution is 9.10. The minimum atomic E-state index is -0.648. The Kier molecular flexibility index (Phi) is 6.64. The van der Waals surface area contributed by atoms with Crippen molar-refractivity contribution in [2.75, 3.05) is 26.8 Å². The predicted octanol–water partition coefficient (Wildman–Crippen LogP) is 0.220. The third kappa shape index (κ3) is 4.68. The van der Waals surface area contributed by atoms with Crippen molar-refractivity contribution in [1.82, 2.24) is 14.9 Å². The van der Waals surface area contributed by atoms with Gasteiger partial charge in [-0.2, -0.15) is 4.98 Å². The molecule has 19 heavy (non-hydrogen) atoms. The first kappa shape index (κ1) is 16.3. The van der Waals surface area contributed by atoms with E-state index < -0.39 is 6.10 Å². The summed E-state index contributed by atoms with van der Waals surface area (Å²) in [4.78, 5) is 15.7. The van der Waals surface area contributed by atoms with Crippen molar-refractivity contribution in [3.05, 3.63) is 26.3 Å². The van der Waals surface area contributed by atoms with E-state index in [0.29, 0.717) is 25.4 Å². The summed E-state index contributed by atoms with van der Waals surface area (Å²) in [6, 6.07) is 0. The Morgan fingerprint density at radius 3 is 2.84 bits per heavy atom. The van der Waals surface area contributed by atoms with Crippen LogP contribution in [0.1, 0.15) is 11.4 Å². The average Bonchev–Trinajstić information content (AvgIpc) is 2.37. The number of aliphatic hydroxyl groups excluding tert-OH is 1. The molecular formula is C12H20BrN3O3. The summed E-state index contributed by atoms with van der Waals surface area (Å²) in [5, 5.41) is 13.0. The first-order chi connectivity index (χ1) is 8.97. The lowest BCUT2D eigenvalue weighted by atomic mass is 10.3. The second-order valence-electron chi connectivity index (χ2n) is 4.34. The third-order valence-corrected chi connectivity index (χ3v) is 3.94. The highest BCUT2D eigenvalue weighted by Crippen LogP contribution is 2.16. The number of hydrogen-bond donors (Lipinski definition) is 2. The number of aromatic nitrogens is 2. The second-order valence-corrected chi connectivity index (χ2v) is 5.13. The van der Waals surface area contributed by atoms with Crippen LogP contribution >= 0.6 is 15.9 Å². The topological polar surface area (TPSA) is 76.4 Å². The molecule has 0 bridgehead atoms. The van der Waals surface area contributed by atoms with Gasteiger partial charge in [-0.3, -0.25) is 4.57 Å². The van der Waals surface area contributed by atoms with E-state index in [1.54, 1.807) is 14.0 Å². The highest BCUT2D eigenvalue weighted by Gasteiger charge is 2.12. The molecule has 0 saturated heterocycles. The Labute approximate surface area is 120 Å². The molecule has 0 amide bonds. The first-order valence-corrected chi connectivity index (χ1v) is 6.88. The summed E-state index contributed by atoms with van der Waals surface area (Å²) >= 11 is 3.39. The molecule has 0 radical (unpaired) electrons. The lowest BCUT2D eigenvalue weighted by molar-refractivity contribution is 0.141. The number of rotatable bonds is 7. The van der Waals surface area contributed by atoms with Gasteiger partial charge < -0.3 is 15.2 Å². The van der Waals surface area contributed by atoms with Crippen molar-refractivity contribution >= 4 is 15.9 Å². The number of aliphatic hydroxyl groups is 1. The van der Waals surface area contributed by atoms with Crippen LogP contribution in [0.5, 0.6) is 0 Å². The van der Waals surface area contributed by atoms with Crippen LogP contribution in [0.2, 0.25) is 0 Å². The Bertz CT molecular complexity index is 476. The van der Waals surface area contributed by atoms with Gasteiger partial charge in [-0.05, 0) is 29.8 Å². The van der Waals surface area contributed by atoms with Crippen molar-refractivity contribution in [2.24, 2.45) is 0 Å². The van der Waals surface area contributed by atoms with Crippen LogP contribution in [-0.4, -0.2) is 47.6 Å². The number of nitrogens with zero attached hydrogens (tertiary/aromatic N) is 2. The van der Waals surface area contributed by atoms with Gasteiger partial charge in [0.2, 0.25) is 0 Å². The molecule has 1 rings (SSSR count). The van der Waals surface area contributed by atoms with Gasteiger partial charge in [0.25, 0.3) is 0 Å². The standard InChI is InChI=1S/C12H20BrN3O3/c1-8-11(13)9(2)16(12(18)15-8)7-10(17)6-14-4-5-19-3/h10,14,17H,4-7H2,1-3H3. The summed E-state index contributed by atoms with van der Waals surface area (Å²) in [6.07, 6.45) is -0.648. The van der Waals surface area contributed by atoms with Gasteiger partial charge in [-0.1, -0.05) is 0 Å². The summed E-state index contributed by atoms with van der Waals surface area (Å²) in [6.45, 7) is 5.47. The maximum absolute atomic E-state index is 11.8. The van der Waals surface area contributed by atoms with Crippen molar-refractivity contribution in [3.8, 4) is 0 Å². The molecule has 0 aliphatic carbocycles. The number of hydrogen-bond acceptors (Lipinski definition) is 5. The molecule has 0 aromatic carbocycles. The first-order valence-electron chi connectivity index (χ1n) is 6.08. The van der Waals surface area contributed by atoms with Crippen LogP contribution < -0.4 is 11.0 Å². The zero-order valence-electron chi connectivity index (χ0n) is 11.4. The summed E-state index contributed by atoms with van der Waals surface area (Å²) in [5.41, 5.74) is 1.09. The zero-order valence-corrected chi connectivity index (χ0v) is 13.0. The lowest BCUT2D eigenvalue weighted by Crippen LogP contribution is -2.37. The fourth-order valence-electron chi connectivity index (χ4n) is 1.71. The number of methoxy groups -OCH3 is 1. The van der Waals surface area contributed by atoms with Gasteiger partial charge in [0.05, 0.1) is 29.4 Å². The lowest BCUT2D eigenvalue weighted by Gasteiger charge is -2.16. The summed E-state index contributed by atoms with van der Waals surface area (Å²) in [7, 11) is 1.62. The fraction of sp³-hybridized carbons (Fsp3) is 0.667. The molecule has 1 heterocycles. The molecule has 1 unspecified atom stereocenters. The molecule has 6 nitrogen and oxygen atoms in total. The monoisotopic (exact) mass is 333 g/mol. The van der Waals surface area contributed by atoms with Crippen molar-refractivity contribution in [3.63, 3.8) is 0 Å². The van der Waals surface area contributed by atoms with E-state index in [4.69, 9.17) is 4.74 Å². The molecule has 108 valence electrons. The zero-order chi connectivity index (χ0) is 14.4. The van der Waals surface area contributed by atoms with E-state index >= 15 is 0 Å². The molecule has 1 aromatic heterocycles. The molecule has 0 aliphatic heterocycles. The largest absolute Gasteiger partial charge is 0.390 e. The Morgan fingerprint density at radius 2 is 2.21 bits per heavy atom. The number of aryl methyl sites for hydroxylation is 1. The molecule has 1 atom stereocenters. The SMILES string of the molecule is COCCNCC(O)Cn1c(C)c(Br)c(C)nc1=O. The van der Waals surface area contributed by atoms with Gasteiger partial charge >= 0.3 is 5.69 Å². The van der Waals surface area contributed by atoms with E-state index in [1.807, 2.05) is 6.92 Å². The molecule has 0 saturated carbocycles. The molecule has 0 fully saturated rings. The number of halogens is 1. The maximum Gasteiger partial charge on any atom is 0.348 e. The van der Waals surface area contributed by atoms with Gasteiger partial charge in [0.15, 0.2) is 0 Å². The van der Waals surface area contributed by atoms with Gasteiger partial charge in [0, 0.05) is 25.9 Å². The van der Waals surface area contributed by atoms with E-state index in [1.165, 1.54) is 4.57 Å². The highest BCUT2D eigenvalue weighted by atomic mass is 79.9. The van der Waals surface area contributed by atoms with Gasteiger partial charge in [0.1, 0.15) is 0 Å². The van der Waals surface area contributed by atoms with Crippen molar-refractivity contribution in [1.29, 1.82) is 0 Å². The molecule has 7 heteroatoms. The second kappa shape index (κ2) is 7.74. The quantitative estimate of drug-likeness (QED) is 0.698. The molecule has 0 spiro atoms. The minimum absolute atomic E-state index is 0.219. The molecule has 2 N–H and O–H groups in total. The Morgan fingerprint density at radius 1 is 1.53 bits per heavy atom.